The lowest BCUT2D eigenvalue weighted by Crippen LogP contribution is -2.40. The number of hydrogen-bond acceptors (Lipinski definition) is 4. The number of carbonyl (C=O) groups excluding carboxylic acids is 1. The predicted octanol–water partition coefficient (Wildman–Crippen LogP) is 3.18. The second-order valence-electron chi connectivity index (χ2n) is 7.02. The molecule has 0 aromatic heterocycles. The molecule has 6 nitrogen and oxygen atoms in total. The number of anilines is 1. The molecule has 8 heteroatoms. The van der Waals surface area contributed by atoms with Gasteiger partial charge in [0.05, 0.1) is 19.6 Å². The van der Waals surface area contributed by atoms with Crippen molar-refractivity contribution in [2.24, 2.45) is 0 Å². The van der Waals surface area contributed by atoms with Gasteiger partial charge in [-0.1, -0.05) is 42.5 Å². The van der Waals surface area contributed by atoms with Gasteiger partial charge in [0, 0.05) is 18.8 Å². The first-order valence-electron chi connectivity index (χ1n) is 9.59. The number of halogens is 1. The third-order valence-electron chi connectivity index (χ3n) is 5.03. The molecule has 1 fully saturated rings. The fraction of sp³-hybridized carbons (Fsp3) is 0.227. The van der Waals surface area contributed by atoms with Gasteiger partial charge in [-0.25, -0.2) is 12.8 Å². The fourth-order valence-corrected chi connectivity index (χ4v) is 5.03. The van der Waals surface area contributed by atoms with Crippen LogP contribution >= 0.6 is 0 Å². The van der Waals surface area contributed by atoms with E-state index in [1.165, 1.54) is 16.4 Å². The lowest BCUT2D eigenvalue weighted by molar-refractivity contribution is -0.115. The third kappa shape index (κ3) is 4.21. The molecule has 0 atom stereocenters. The number of hydrogen-bond donors (Lipinski definition) is 1. The van der Waals surface area contributed by atoms with E-state index in [1.807, 2.05) is 42.5 Å². The van der Waals surface area contributed by atoms with Crippen LogP contribution in [0.25, 0.3) is 10.8 Å². The molecule has 0 unspecified atom stereocenters. The number of rotatable bonds is 5. The van der Waals surface area contributed by atoms with Crippen molar-refractivity contribution in [3.05, 3.63) is 72.0 Å². The number of benzene rings is 3. The molecule has 0 saturated carbocycles. The monoisotopic (exact) mass is 428 g/mol. The lowest BCUT2D eigenvalue weighted by Gasteiger charge is -2.26. The molecule has 1 N–H and O–H groups in total. The standard InChI is InChI=1S/C22H21FN2O4S/c23-20-9-8-18(15-21(20)30(27,28)25-10-12-29-13-11-25)24-22(26)14-17-6-3-5-16-4-1-2-7-19(16)17/h1-9,15H,10-14H2,(H,24,26). The van der Waals surface area contributed by atoms with Crippen LogP contribution in [0.4, 0.5) is 10.1 Å². The maximum atomic E-state index is 14.3. The lowest BCUT2D eigenvalue weighted by atomic mass is 10.0. The summed E-state index contributed by atoms with van der Waals surface area (Å²) in [7, 11) is -4.01. The highest BCUT2D eigenvalue weighted by atomic mass is 32.2. The van der Waals surface area contributed by atoms with Gasteiger partial charge < -0.3 is 10.1 Å². The summed E-state index contributed by atoms with van der Waals surface area (Å²) in [6.07, 6.45) is 0.115. The van der Waals surface area contributed by atoms with Crippen LogP contribution in [0.5, 0.6) is 0 Å². The highest BCUT2D eigenvalue weighted by Gasteiger charge is 2.29. The molecule has 0 radical (unpaired) electrons. The number of carbonyl (C=O) groups is 1. The molecule has 4 rings (SSSR count). The first-order valence-corrected chi connectivity index (χ1v) is 11.0. The summed E-state index contributed by atoms with van der Waals surface area (Å²) in [5.74, 6) is -1.17. The van der Waals surface area contributed by atoms with Gasteiger partial charge in [-0.05, 0) is 34.5 Å². The zero-order valence-electron chi connectivity index (χ0n) is 16.2. The summed E-state index contributed by atoms with van der Waals surface area (Å²) >= 11 is 0. The molecule has 3 aromatic carbocycles. The van der Waals surface area contributed by atoms with Crippen LogP contribution in [-0.2, 0) is 26.0 Å². The summed E-state index contributed by atoms with van der Waals surface area (Å²) in [5.41, 5.74) is 1.09. The van der Waals surface area contributed by atoms with Crippen molar-refractivity contribution in [1.82, 2.24) is 4.31 Å². The highest BCUT2D eigenvalue weighted by Crippen LogP contribution is 2.24. The molecule has 1 aliphatic rings. The van der Waals surface area contributed by atoms with E-state index in [-0.39, 0.29) is 44.3 Å². The van der Waals surface area contributed by atoms with Crippen LogP contribution < -0.4 is 5.32 Å². The fourth-order valence-electron chi connectivity index (χ4n) is 3.53. The Bertz CT molecular complexity index is 1190. The maximum absolute atomic E-state index is 14.3. The van der Waals surface area contributed by atoms with E-state index >= 15 is 0 Å². The van der Waals surface area contributed by atoms with Crippen molar-refractivity contribution < 1.29 is 22.3 Å². The molecule has 30 heavy (non-hydrogen) atoms. The van der Waals surface area contributed by atoms with Crippen molar-refractivity contribution in [3.8, 4) is 0 Å². The normalized spacial score (nSPS) is 15.2. The van der Waals surface area contributed by atoms with Gasteiger partial charge in [-0.2, -0.15) is 4.31 Å². The average molecular weight is 428 g/mol. The molecule has 156 valence electrons. The van der Waals surface area contributed by atoms with E-state index in [0.29, 0.717) is 0 Å². The summed E-state index contributed by atoms with van der Waals surface area (Å²) in [6, 6.07) is 17.1. The van der Waals surface area contributed by atoms with E-state index in [9.17, 15) is 17.6 Å². The minimum absolute atomic E-state index is 0.115. The van der Waals surface area contributed by atoms with Gasteiger partial charge in [-0.15, -0.1) is 0 Å². The number of fused-ring (bicyclic) bond motifs is 1. The van der Waals surface area contributed by atoms with Crippen LogP contribution in [0.2, 0.25) is 0 Å². The Morgan fingerprint density at radius 2 is 1.77 bits per heavy atom. The summed E-state index contributed by atoms with van der Waals surface area (Å²) in [6.45, 7) is 0.865. The minimum atomic E-state index is -4.01. The van der Waals surface area contributed by atoms with Crippen molar-refractivity contribution in [2.45, 2.75) is 11.3 Å². The van der Waals surface area contributed by atoms with Crippen molar-refractivity contribution in [1.29, 1.82) is 0 Å². The van der Waals surface area contributed by atoms with Gasteiger partial charge in [0.1, 0.15) is 10.7 Å². The molecule has 1 aliphatic heterocycles. The van der Waals surface area contributed by atoms with Gasteiger partial charge in [0.15, 0.2) is 0 Å². The smallest absolute Gasteiger partial charge is 0.246 e. The zero-order chi connectivity index (χ0) is 21.1. The Balaban J connectivity index is 1.55. The van der Waals surface area contributed by atoms with E-state index in [4.69, 9.17) is 4.74 Å². The molecule has 0 bridgehead atoms. The average Bonchev–Trinajstić information content (AvgIpc) is 2.76. The van der Waals surface area contributed by atoms with Crippen molar-refractivity contribution in [3.63, 3.8) is 0 Å². The Kier molecular flexibility index (Phi) is 5.80. The zero-order valence-corrected chi connectivity index (χ0v) is 17.0. The first-order chi connectivity index (χ1) is 14.4. The van der Waals surface area contributed by atoms with Crippen LogP contribution in [0.3, 0.4) is 0 Å². The number of nitrogens with zero attached hydrogens (tertiary/aromatic N) is 1. The van der Waals surface area contributed by atoms with E-state index in [0.717, 1.165) is 22.4 Å². The number of ether oxygens (including phenoxy) is 1. The summed E-state index contributed by atoms with van der Waals surface area (Å²) in [5, 5.41) is 4.69. The number of amides is 1. The Morgan fingerprint density at radius 3 is 2.57 bits per heavy atom. The molecule has 3 aromatic rings. The van der Waals surface area contributed by atoms with Crippen molar-refractivity contribution >= 4 is 32.4 Å². The molecule has 1 amide bonds. The second kappa shape index (κ2) is 8.51. The number of nitrogens with one attached hydrogen (secondary N) is 1. The number of sulfonamides is 1. The predicted molar refractivity (Wildman–Crippen MR) is 112 cm³/mol. The highest BCUT2D eigenvalue weighted by molar-refractivity contribution is 7.89. The summed E-state index contributed by atoms with van der Waals surface area (Å²) in [4.78, 5) is 12.1. The van der Waals surface area contributed by atoms with Crippen molar-refractivity contribution in [2.75, 3.05) is 31.6 Å². The van der Waals surface area contributed by atoms with Gasteiger partial charge >= 0.3 is 0 Å². The molecular weight excluding hydrogens is 407 g/mol. The first kappa shape index (κ1) is 20.5. The topological polar surface area (TPSA) is 75.7 Å². The Hall–Kier alpha value is -2.81. The maximum Gasteiger partial charge on any atom is 0.246 e. The second-order valence-corrected chi connectivity index (χ2v) is 8.93. The largest absolute Gasteiger partial charge is 0.379 e. The van der Waals surface area contributed by atoms with Crippen LogP contribution in [0.15, 0.2) is 65.6 Å². The van der Waals surface area contributed by atoms with Gasteiger partial charge in [-0.3, -0.25) is 4.79 Å². The van der Waals surface area contributed by atoms with Crippen LogP contribution in [0, 0.1) is 5.82 Å². The van der Waals surface area contributed by atoms with Gasteiger partial charge in [0.2, 0.25) is 15.9 Å². The molecule has 1 saturated heterocycles. The minimum Gasteiger partial charge on any atom is -0.379 e. The van der Waals surface area contributed by atoms with E-state index < -0.39 is 20.7 Å². The molecular formula is C22H21FN2O4S. The Morgan fingerprint density at radius 1 is 1.03 bits per heavy atom. The molecule has 0 spiro atoms. The molecule has 0 aliphatic carbocycles. The van der Waals surface area contributed by atoms with Gasteiger partial charge in [0.25, 0.3) is 0 Å². The van der Waals surface area contributed by atoms with E-state index in [1.54, 1.807) is 0 Å². The summed E-state index contributed by atoms with van der Waals surface area (Å²) < 4.78 is 46.3. The third-order valence-corrected chi connectivity index (χ3v) is 6.95. The Labute approximate surface area is 174 Å². The van der Waals surface area contributed by atoms with Crippen LogP contribution in [0.1, 0.15) is 5.56 Å². The SMILES string of the molecule is O=C(Cc1cccc2ccccc12)Nc1ccc(F)c(S(=O)(=O)N2CCOCC2)c1. The van der Waals surface area contributed by atoms with Crippen LogP contribution in [-0.4, -0.2) is 44.9 Å². The molecule has 1 heterocycles. The number of morpholine rings is 1. The van der Waals surface area contributed by atoms with E-state index in [2.05, 4.69) is 5.32 Å². The quantitative estimate of drug-likeness (QED) is 0.677.